The lowest BCUT2D eigenvalue weighted by Gasteiger charge is -2.18. The van der Waals surface area contributed by atoms with E-state index in [1.807, 2.05) is 12.1 Å². The number of rotatable bonds is 7. The third-order valence-electron chi connectivity index (χ3n) is 3.98. The molecule has 1 amide bonds. The highest BCUT2D eigenvalue weighted by molar-refractivity contribution is 7.11. The Morgan fingerprint density at radius 1 is 1.07 bits per heavy atom. The number of thiophene rings is 1. The van der Waals surface area contributed by atoms with Crippen LogP contribution in [0.5, 0.6) is 5.75 Å². The lowest BCUT2D eigenvalue weighted by Crippen LogP contribution is -2.31. The van der Waals surface area contributed by atoms with Crippen molar-refractivity contribution < 1.29 is 23.5 Å². The van der Waals surface area contributed by atoms with Gasteiger partial charge in [-0.3, -0.25) is 4.79 Å². The van der Waals surface area contributed by atoms with Crippen LogP contribution in [0.15, 0.2) is 66.0 Å². The van der Waals surface area contributed by atoms with Crippen LogP contribution in [-0.2, 0) is 16.1 Å². The van der Waals surface area contributed by atoms with Crippen molar-refractivity contribution in [2.24, 2.45) is 0 Å². The topological polar surface area (TPSA) is 64.6 Å². The minimum atomic E-state index is -1.19. The maximum absolute atomic E-state index is 13.3. The van der Waals surface area contributed by atoms with E-state index in [4.69, 9.17) is 9.47 Å². The Bertz CT molecular complexity index is 924. The van der Waals surface area contributed by atoms with E-state index in [1.165, 1.54) is 35.6 Å². The number of benzene rings is 2. The first kappa shape index (κ1) is 19.6. The minimum Gasteiger partial charge on any atom is -0.497 e. The van der Waals surface area contributed by atoms with Crippen molar-refractivity contribution in [2.45, 2.75) is 12.6 Å². The van der Waals surface area contributed by atoms with E-state index in [0.29, 0.717) is 16.2 Å². The van der Waals surface area contributed by atoms with E-state index in [-0.39, 0.29) is 6.54 Å². The molecule has 0 bridgehead atoms. The summed E-state index contributed by atoms with van der Waals surface area (Å²) in [6, 6.07) is 15.8. The molecule has 1 N–H and O–H groups in total. The van der Waals surface area contributed by atoms with Crippen LogP contribution < -0.4 is 10.1 Å². The minimum absolute atomic E-state index is 0.247. The molecule has 0 saturated carbocycles. The summed E-state index contributed by atoms with van der Waals surface area (Å²) in [7, 11) is 1.58. The van der Waals surface area contributed by atoms with Crippen LogP contribution in [0.2, 0.25) is 0 Å². The number of halogens is 1. The summed E-state index contributed by atoms with van der Waals surface area (Å²) in [6.07, 6.45) is -1.19. The SMILES string of the molecule is COc1ccc(CNC(=O)[C@H](OC(=O)c2cccs2)c2ccc(F)cc2)cc1. The third kappa shape index (κ3) is 4.95. The Kier molecular flexibility index (Phi) is 6.39. The van der Waals surface area contributed by atoms with Gasteiger partial charge in [0.1, 0.15) is 16.4 Å². The number of nitrogens with one attached hydrogen (secondary N) is 1. The van der Waals surface area contributed by atoms with E-state index < -0.39 is 23.8 Å². The maximum Gasteiger partial charge on any atom is 0.349 e. The molecule has 0 fully saturated rings. The molecule has 0 spiro atoms. The van der Waals surface area contributed by atoms with Crippen molar-refractivity contribution in [3.63, 3.8) is 0 Å². The molecule has 3 rings (SSSR count). The molecule has 3 aromatic rings. The van der Waals surface area contributed by atoms with Crippen LogP contribution in [0.25, 0.3) is 0 Å². The smallest absolute Gasteiger partial charge is 0.349 e. The zero-order chi connectivity index (χ0) is 19.9. The fraction of sp³-hybridized carbons (Fsp3) is 0.143. The first-order valence-corrected chi connectivity index (χ1v) is 9.35. The summed E-state index contributed by atoms with van der Waals surface area (Å²) >= 11 is 1.22. The highest BCUT2D eigenvalue weighted by atomic mass is 32.1. The quantitative estimate of drug-likeness (QED) is 0.608. The average Bonchev–Trinajstić information content (AvgIpc) is 3.26. The fourth-order valence-electron chi connectivity index (χ4n) is 2.50. The zero-order valence-electron chi connectivity index (χ0n) is 15.1. The van der Waals surface area contributed by atoms with Crippen molar-refractivity contribution in [2.75, 3.05) is 7.11 Å². The maximum atomic E-state index is 13.3. The highest BCUT2D eigenvalue weighted by Crippen LogP contribution is 2.22. The first-order chi connectivity index (χ1) is 13.6. The van der Waals surface area contributed by atoms with Gasteiger partial charge in [0.15, 0.2) is 0 Å². The summed E-state index contributed by atoms with van der Waals surface area (Å²) in [4.78, 5) is 25.4. The number of hydrogen-bond donors (Lipinski definition) is 1. The lowest BCUT2D eigenvalue weighted by atomic mass is 10.1. The van der Waals surface area contributed by atoms with Crippen molar-refractivity contribution >= 4 is 23.2 Å². The molecule has 28 heavy (non-hydrogen) atoms. The molecule has 0 saturated heterocycles. The van der Waals surface area contributed by atoms with Gasteiger partial charge in [0.05, 0.1) is 7.11 Å². The van der Waals surface area contributed by atoms with E-state index in [2.05, 4.69) is 5.32 Å². The molecule has 2 aromatic carbocycles. The summed E-state index contributed by atoms with van der Waals surface area (Å²) in [6.45, 7) is 0.247. The standard InChI is InChI=1S/C21H18FNO4S/c1-26-17-10-4-14(5-11-17)13-23-20(24)19(15-6-8-16(22)9-7-15)27-21(25)18-3-2-12-28-18/h2-12,19H,13H2,1H3,(H,23,24)/t19-/m1/s1. The second kappa shape index (κ2) is 9.14. The van der Waals surface area contributed by atoms with Gasteiger partial charge in [-0.2, -0.15) is 0 Å². The van der Waals surface area contributed by atoms with Crippen molar-refractivity contribution in [3.05, 3.63) is 87.9 Å². The Labute approximate surface area is 165 Å². The zero-order valence-corrected chi connectivity index (χ0v) is 15.9. The van der Waals surface area contributed by atoms with Gasteiger partial charge in [0.2, 0.25) is 6.10 Å². The predicted octanol–water partition coefficient (Wildman–Crippen LogP) is 4.11. The number of carbonyl (C=O) groups excluding carboxylic acids is 2. The average molecular weight is 399 g/mol. The van der Waals surface area contributed by atoms with Gasteiger partial charge in [0.25, 0.3) is 5.91 Å². The molecule has 0 aliphatic heterocycles. The molecule has 5 nitrogen and oxygen atoms in total. The lowest BCUT2D eigenvalue weighted by molar-refractivity contribution is -0.130. The second-order valence-electron chi connectivity index (χ2n) is 5.88. The van der Waals surface area contributed by atoms with E-state index in [0.717, 1.165) is 5.56 Å². The van der Waals surface area contributed by atoms with Crippen LogP contribution in [0.3, 0.4) is 0 Å². The van der Waals surface area contributed by atoms with Crippen molar-refractivity contribution in [1.82, 2.24) is 5.32 Å². The number of hydrogen-bond acceptors (Lipinski definition) is 5. The monoisotopic (exact) mass is 399 g/mol. The number of amides is 1. The Morgan fingerprint density at radius 3 is 2.39 bits per heavy atom. The van der Waals surface area contributed by atoms with Crippen LogP contribution in [0.4, 0.5) is 4.39 Å². The van der Waals surface area contributed by atoms with Gasteiger partial charge in [-0.05, 0) is 41.3 Å². The third-order valence-corrected chi connectivity index (χ3v) is 4.83. The van der Waals surface area contributed by atoms with Gasteiger partial charge in [-0.15, -0.1) is 11.3 Å². The van der Waals surface area contributed by atoms with Crippen LogP contribution in [0, 0.1) is 5.82 Å². The number of methoxy groups -OCH3 is 1. The number of ether oxygens (including phenoxy) is 2. The highest BCUT2D eigenvalue weighted by Gasteiger charge is 2.26. The van der Waals surface area contributed by atoms with E-state index in [1.54, 1.807) is 36.8 Å². The molecule has 0 unspecified atom stereocenters. The van der Waals surface area contributed by atoms with E-state index >= 15 is 0 Å². The molecular weight excluding hydrogens is 381 g/mol. The van der Waals surface area contributed by atoms with E-state index in [9.17, 15) is 14.0 Å². The summed E-state index contributed by atoms with van der Waals surface area (Å²) in [5.74, 6) is -0.828. The largest absolute Gasteiger partial charge is 0.497 e. The molecule has 144 valence electrons. The Morgan fingerprint density at radius 2 is 1.79 bits per heavy atom. The summed E-state index contributed by atoms with van der Waals surface area (Å²) in [5, 5.41) is 4.50. The predicted molar refractivity (Wildman–Crippen MR) is 104 cm³/mol. The van der Waals surface area contributed by atoms with Crippen LogP contribution >= 0.6 is 11.3 Å². The van der Waals surface area contributed by atoms with Crippen LogP contribution in [-0.4, -0.2) is 19.0 Å². The normalized spacial score (nSPS) is 11.5. The van der Waals surface area contributed by atoms with Gasteiger partial charge < -0.3 is 14.8 Å². The fourth-order valence-corrected chi connectivity index (χ4v) is 3.10. The molecule has 1 atom stereocenters. The molecule has 7 heteroatoms. The summed E-state index contributed by atoms with van der Waals surface area (Å²) in [5.41, 5.74) is 1.25. The van der Waals surface area contributed by atoms with Gasteiger partial charge in [-0.25, -0.2) is 9.18 Å². The van der Waals surface area contributed by atoms with Crippen molar-refractivity contribution in [1.29, 1.82) is 0 Å². The summed E-state index contributed by atoms with van der Waals surface area (Å²) < 4.78 is 23.8. The molecule has 1 heterocycles. The number of esters is 1. The molecule has 0 aliphatic rings. The molecular formula is C21H18FNO4S. The second-order valence-corrected chi connectivity index (χ2v) is 6.83. The Hall–Kier alpha value is -3.19. The molecule has 0 aliphatic carbocycles. The first-order valence-electron chi connectivity index (χ1n) is 8.47. The Balaban J connectivity index is 1.73. The van der Waals surface area contributed by atoms with Gasteiger partial charge in [0, 0.05) is 12.1 Å². The molecule has 1 aromatic heterocycles. The van der Waals surface area contributed by atoms with Crippen molar-refractivity contribution in [3.8, 4) is 5.75 Å². The van der Waals surface area contributed by atoms with Gasteiger partial charge >= 0.3 is 5.97 Å². The molecule has 0 radical (unpaired) electrons. The van der Waals surface area contributed by atoms with Crippen LogP contribution in [0.1, 0.15) is 26.9 Å². The number of carbonyl (C=O) groups is 2. The van der Waals surface area contributed by atoms with Gasteiger partial charge in [-0.1, -0.05) is 30.3 Å².